The molecule has 0 aliphatic carbocycles. The zero-order valence-electron chi connectivity index (χ0n) is 9.68. The lowest BCUT2D eigenvalue weighted by molar-refractivity contribution is 0.0294. The molecule has 0 amide bonds. The van der Waals surface area contributed by atoms with Gasteiger partial charge in [-0.25, -0.2) is 0 Å². The molecule has 1 aromatic carbocycles. The van der Waals surface area contributed by atoms with Crippen LogP contribution in [0.3, 0.4) is 0 Å². The van der Waals surface area contributed by atoms with Gasteiger partial charge in [0, 0.05) is 6.04 Å². The smallest absolute Gasteiger partial charge is 0.108 e. The fourth-order valence-corrected chi connectivity index (χ4v) is 2.38. The SMILES string of the molecule is CC(C)N1[C@@H](C)OC[C@H]1c1ccccc1. The van der Waals surface area contributed by atoms with Crippen molar-refractivity contribution in [2.45, 2.75) is 39.1 Å². The summed E-state index contributed by atoms with van der Waals surface area (Å²) >= 11 is 0. The molecule has 0 N–H and O–H groups in total. The molecule has 0 radical (unpaired) electrons. The molecule has 1 saturated heterocycles. The van der Waals surface area contributed by atoms with Crippen LogP contribution in [0.15, 0.2) is 30.3 Å². The van der Waals surface area contributed by atoms with Crippen molar-refractivity contribution >= 4 is 0 Å². The van der Waals surface area contributed by atoms with Gasteiger partial charge in [-0.15, -0.1) is 0 Å². The van der Waals surface area contributed by atoms with Crippen LogP contribution in [0.4, 0.5) is 0 Å². The molecule has 2 nitrogen and oxygen atoms in total. The molecule has 0 aromatic heterocycles. The molecule has 1 aliphatic rings. The zero-order valence-corrected chi connectivity index (χ0v) is 9.68. The van der Waals surface area contributed by atoms with Crippen molar-refractivity contribution in [1.82, 2.24) is 4.90 Å². The maximum atomic E-state index is 5.72. The highest BCUT2D eigenvalue weighted by atomic mass is 16.5. The summed E-state index contributed by atoms with van der Waals surface area (Å²) in [6, 6.07) is 11.5. The molecule has 0 saturated carbocycles. The normalized spacial score (nSPS) is 27.5. The quantitative estimate of drug-likeness (QED) is 0.736. The molecule has 2 heteroatoms. The van der Waals surface area contributed by atoms with E-state index in [4.69, 9.17) is 4.74 Å². The van der Waals surface area contributed by atoms with E-state index in [1.54, 1.807) is 0 Å². The van der Waals surface area contributed by atoms with E-state index in [9.17, 15) is 0 Å². The van der Waals surface area contributed by atoms with Crippen LogP contribution in [0.2, 0.25) is 0 Å². The van der Waals surface area contributed by atoms with Gasteiger partial charge in [-0.1, -0.05) is 30.3 Å². The lowest BCUT2D eigenvalue weighted by Gasteiger charge is -2.30. The van der Waals surface area contributed by atoms with Crippen LogP contribution in [-0.2, 0) is 4.74 Å². The van der Waals surface area contributed by atoms with Gasteiger partial charge >= 0.3 is 0 Å². The van der Waals surface area contributed by atoms with Crippen molar-refractivity contribution in [1.29, 1.82) is 0 Å². The zero-order chi connectivity index (χ0) is 10.8. The first-order valence-electron chi connectivity index (χ1n) is 5.64. The number of benzene rings is 1. The van der Waals surface area contributed by atoms with Crippen molar-refractivity contribution < 1.29 is 4.74 Å². The summed E-state index contributed by atoms with van der Waals surface area (Å²) in [6.07, 6.45) is 0.232. The molecule has 1 aliphatic heterocycles. The van der Waals surface area contributed by atoms with Crippen LogP contribution in [0.25, 0.3) is 0 Å². The minimum absolute atomic E-state index is 0.232. The van der Waals surface area contributed by atoms with E-state index in [2.05, 4.69) is 56.0 Å². The molecule has 15 heavy (non-hydrogen) atoms. The van der Waals surface area contributed by atoms with Crippen molar-refractivity contribution in [2.75, 3.05) is 6.61 Å². The standard InChI is InChI=1S/C13H19NO/c1-10(2)14-11(3)15-9-13(14)12-7-5-4-6-8-12/h4-8,10-11,13H,9H2,1-3H3/t11-,13+/m1/s1. The third-order valence-electron chi connectivity index (χ3n) is 3.06. The fraction of sp³-hybridized carbons (Fsp3) is 0.538. The Hall–Kier alpha value is -0.860. The van der Waals surface area contributed by atoms with E-state index in [1.807, 2.05) is 0 Å². The summed E-state index contributed by atoms with van der Waals surface area (Å²) in [5, 5.41) is 0. The summed E-state index contributed by atoms with van der Waals surface area (Å²) in [4.78, 5) is 2.43. The summed E-state index contributed by atoms with van der Waals surface area (Å²) in [6.45, 7) is 7.38. The van der Waals surface area contributed by atoms with Gasteiger partial charge in [0.1, 0.15) is 6.23 Å². The van der Waals surface area contributed by atoms with Gasteiger partial charge in [0.05, 0.1) is 12.6 Å². The number of ether oxygens (including phenoxy) is 1. The van der Waals surface area contributed by atoms with Gasteiger partial charge in [-0.2, -0.15) is 0 Å². The van der Waals surface area contributed by atoms with E-state index in [0.717, 1.165) is 6.61 Å². The highest BCUT2D eigenvalue weighted by Crippen LogP contribution is 2.31. The van der Waals surface area contributed by atoms with Crippen molar-refractivity contribution in [3.63, 3.8) is 0 Å². The van der Waals surface area contributed by atoms with Crippen molar-refractivity contribution in [3.8, 4) is 0 Å². The van der Waals surface area contributed by atoms with Crippen LogP contribution in [0, 0.1) is 0 Å². The highest BCUT2D eigenvalue weighted by Gasteiger charge is 2.33. The Morgan fingerprint density at radius 2 is 1.93 bits per heavy atom. The van der Waals surface area contributed by atoms with Crippen LogP contribution in [0.1, 0.15) is 32.4 Å². The van der Waals surface area contributed by atoms with Gasteiger partial charge < -0.3 is 4.74 Å². The first-order chi connectivity index (χ1) is 7.20. The maximum Gasteiger partial charge on any atom is 0.108 e. The average Bonchev–Trinajstić information content (AvgIpc) is 2.61. The van der Waals surface area contributed by atoms with Crippen LogP contribution >= 0.6 is 0 Å². The third kappa shape index (κ3) is 2.06. The second-order valence-electron chi connectivity index (χ2n) is 4.40. The summed E-state index contributed by atoms with van der Waals surface area (Å²) in [7, 11) is 0. The molecule has 2 rings (SSSR count). The average molecular weight is 205 g/mol. The molecule has 82 valence electrons. The summed E-state index contributed by atoms with van der Waals surface area (Å²) in [5.41, 5.74) is 1.36. The van der Waals surface area contributed by atoms with Crippen LogP contribution in [0.5, 0.6) is 0 Å². The summed E-state index contributed by atoms with van der Waals surface area (Å²) in [5.74, 6) is 0. The Morgan fingerprint density at radius 1 is 1.27 bits per heavy atom. The molecule has 0 unspecified atom stereocenters. The first kappa shape index (κ1) is 10.7. The predicted octanol–water partition coefficient (Wildman–Crippen LogP) is 2.81. The fourth-order valence-electron chi connectivity index (χ4n) is 2.38. The van der Waals surface area contributed by atoms with Crippen molar-refractivity contribution in [3.05, 3.63) is 35.9 Å². The van der Waals surface area contributed by atoms with Crippen LogP contribution in [-0.4, -0.2) is 23.8 Å². The number of nitrogens with zero attached hydrogens (tertiary/aromatic N) is 1. The number of rotatable bonds is 2. The molecule has 0 spiro atoms. The molecule has 1 fully saturated rings. The van der Waals surface area contributed by atoms with Crippen LogP contribution < -0.4 is 0 Å². The number of hydrogen-bond acceptors (Lipinski definition) is 2. The lowest BCUT2D eigenvalue weighted by Crippen LogP contribution is -2.36. The van der Waals surface area contributed by atoms with Gasteiger partial charge in [0.25, 0.3) is 0 Å². The van der Waals surface area contributed by atoms with E-state index in [0.29, 0.717) is 12.1 Å². The van der Waals surface area contributed by atoms with Gasteiger partial charge in [0.15, 0.2) is 0 Å². The monoisotopic (exact) mass is 205 g/mol. The first-order valence-corrected chi connectivity index (χ1v) is 5.64. The third-order valence-corrected chi connectivity index (χ3v) is 3.06. The minimum atomic E-state index is 0.232. The van der Waals surface area contributed by atoms with E-state index in [1.165, 1.54) is 5.56 Å². The molecular weight excluding hydrogens is 186 g/mol. The number of hydrogen-bond donors (Lipinski definition) is 0. The largest absolute Gasteiger partial charge is 0.361 e. The minimum Gasteiger partial charge on any atom is -0.361 e. The molecular formula is C13H19NO. The van der Waals surface area contributed by atoms with Gasteiger partial charge in [0.2, 0.25) is 0 Å². The molecule has 1 heterocycles. The molecule has 1 aromatic rings. The summed E-state index contributed by atoms with van der Waals surface area (Å²) < 4.78 is 5.72. The van der Waals surface area contributed by atoms with Crippen molar-refractivity contribution in [2.24, 2.45) is 0 Å². The van der Waals surface area contributed by atoms with E-state index < -0.39 is 0 Å². The second kappa shape index (κ2) is 4.33. The van der Waals surface area contributed by atoms with E-state index in [-0.39, 0.29) is 6.23 Å². The highest BCUT2D eigenvalue weighted by molar-refractivity contribution is 5.20. The van der Waals surface area contributed by atoms with Gasteiger partial charge in [-0.3, -0.25) is 4.90 Å². The topological polar surface area (TPSA) is 12.5 Å². The Balaban J connectivity index is 2.22. The molecule has 2 atom stereocenters. The molecule has 0 bridgehead atoms. The Morgan fingerprint density at radius 3 is 2.53 bits per heavy atom. The Kier molecular flexibility index (Phi) is 3.08. The predicted molar refractivity (Wildman–Crippen MR) is 61.6 cm³/mol. The van der Waals surface area contributed by atoms with E-state index >= 15 is 0 Å². The Bertz CT molecular complexity index is 310. The maximum absolute atomic E-state index is 5.72. The van der Waals surface area contributed by atoms with Gasteiger partial charge in [-0.05, 0) is 26.3 Å². The Labute approximate surface area is 91.9 Å². The lowest BCUT2D eigenvalue weighted by atomic mass is 10.1. The second-order valence-corrected chi connectivity index (χ2v) is 4.40.